The van der Waals surface area contributed by atoms with Gasteiger partial charge in [-0.2, -0.15) is 0 Å². The Balaban J connectivity index is 1.76. The summed E-state index contributed by atoms with van der Waals surface area (Å²) in [6, 6.07) is 18.8. The third kappa shape index (κ3) is 3.66. The second kappa shape index (κ2) is 7.55. The number of ether oxygens (including phenoxy) is 1. The highest BCUT2D eigenvalue weighted by Crippen LogP contribution is 2.32. The van der Waals surface area contributed by atoms with E-state index in [0.29, 0.717) is 17.2 Å². The minimum absolute atomic E-state index is 0.0922. The number of fused-ring (bicyclic) bond motifs is 1. The summed E-state index contributed by atoms with van der Waals surface area (Å²) in [4.78, 5) is 23.7. The number of benzene rings is 2. The molecular formula is C21H17N3O2S. The molecular weight excluding hydrogens is 358 g/mol. The molecule has 0 bridgehead atoms. The van der Waals surface area contributed by atoms with Crippen LogP contribution >= 0.6 is 11.3 Å². The molecule has 0 fully saturated rings. The monoisotopic (exact) mass is 375 g/mol. The summed E-state index contributed by atoms with van der Waals surface area (Å²) >= 11 is 1.48. The topological polar surface area (TPSA) is 55.3 Å². The van der Waals surface area contributed by atoms with Gasteiger partial charge in [0, 0.05) is 24.0 Å². The van der Waals surface area contributed by atoms with E-state index in [0.717, 1.165) is 21.5 Å². The number of aromatic nitrogens is 2. The molecule has 0 unspecified atom stereocenters. The maximum atomic E-state index is 13.2. The number of carbonyl (C=O) groups is 1. The second-order valence-corrected chi connectivity index (χ2v) is 6.96. The summed E-state index contributed by atoms with van der Waals surface area (Å²) in [6.07, 6.45) is 3.48. The van der Waals surface area contributed by atoms with Gasteiger partial charge in [0.2, 0.25) is 0 Å². The third-order valence-electron chi connectivity index (χ3n) is 4.14. The van der Waals surface area contributed by atoms with Gasteiger partial charge in [-0.25, -0.2) is 4.98 Å². The number of thiazole rings is 1. The lowest BCUT2D eigenvalue weighted by molar-refractivity contribution is 0.0985. The molecule has 27 heavy (non-hydrogen) atoms. The van der Waals surface area contributed by atoms with Gasteiger partial charge in [0.1, 0.15) is 5.75 Å². The SMILES string of the molecule is COc1ccc2sc(N(Cc3cccnc3)C(=O)c3ccccc3)nc2c1. The van der Waals surface area contributed by atoms with E-state index in [9.17, 15) is 4.79 Å². The summed E-state index contributed by atoms with van der Waals surface area (Å²) < 4.78 is 6.28. The Morgan fingerprint density at radius 3 is 2.70 bits per heavy atom. The van der Waals surface area contributed by atoms with Crippen molar-refractivity contribution in [3.05, 3.63) is 84.2 Å². The molecule has 2 aromatic carbocycles. The van der Waals surface area contributed by atoms with Crippen LogP contribution in [0.25, 0.3) is 10.2 Å². The van der Waals surface area contributed by atoms with E-state index >= 15 is 0 Å². The summed E-state index contributed by atoms with van der Waals surface area (Å²) in [6.45, 7) is 0.401. The van der Waals surface area contributed by atoms with Crippen molar-refractivity contribution in [1.82, 2.24) is 9.97 Å². The smallest absolute Gasteiger partial charge is 0.260 e. The number of rotatable bonds is 5. The van der Waals surface area contributed by atoms with Crippen LogP contribution in [0.5, 0.6) is 5.75 Å². The number of carbonyl (C=O) groups excluding carboxylic acids is 1. The summed E-state index contributed by atoms with van der Waals surface area (Å²) in [5.74, 6) is 0.651. The van der Waals surface area contributed by atoms with E-state index in [-0.39, 0.29) is 5.91 Å². The lowest BCUT2D eigenvalue weighted by atomic mass is 10.2. The molecule has 1 amide bonds. The zero-order valence-electron chi connectivity index (χ0n) is 14.7. The molecule has 0 saturated heterocycles. The van der Waals surface area contributed by atoms with Crippen molar-refractivity contribution in [2.24, 2.45) is 0 Å². The average Bonchev–Trinajstić information content (AvgIpc) is 3.15. The standard InChI is InChI=1S/C21H17N3O2S/c1-26-17-9-10-19-18(12-17)23-21(27-19)24(14-15-6-5-11-22-13-15)20(25)16-7-3-2-4-8-16/h2-13H,14H2,1H3. The molecule has 0 atom stereocenters. The first-order chi connectivity index (χ1) is 13.2. The Morgan fingerprint density at radius 2 is 1.96 bits per heavy atom. The molecule has 2 aromatic heterocycles. The van der Waals surface area contributed by atoms with Crippen LogP contribution in [0.2, 0.25) is 0 Å². The molecule has 6 heteroatoms. The largest absolute Gasteiger partial charge is 0.497 e. The highest BCUT2D eigenvalue weighted by molar-refractivity contribution is 7.22. The van der Waals surface area contributed by atoms with Gasteiger partial charge in [0.15, 0.2) is 5.13 Å². The van der Waals surface area contributed by atoms with E-state index in [2.05, 4.69) is 9.97 Å². The molecule has 4 aromatic rings. The summed E-state index contributed by atoms with van der Waals surface area (Å²) in [5, 5.41) is 0.649. The zero-order valence-corrected chi connectivity index (χ0v) is 15.5. The first-order valence-electron chi connectivity index (χ1n) is 8.45. The minimum Gasteiger partial charge on any atom is -0.497 e. The van der Waals surface area contributed by atoms with Crippen LogP contribution < -0.4 is 9.64 Å². The quantitative estimate of drug-likeness (QED) is 0.514. The van der Waals surface area contributed by atoms with Crippen LogP contribution in [0.15, 0.2) is 73.1 Å². The number of amides is 1. The molecule has 134 valence electrons. The van der Waals surface area contributed by atoms with Crippen molar-refractivity contribution in [3.63, 3.8) is 0 Å². The number of nitrogens with zero attached hydrogens (tertiary/aromatic N) is 3. The Hall–Kier alpha value is -3.25. The van der Waals surface area contributed by atoms with Crippen LogP contribution in [0.3, 0.4) is 0 Å². The highest BCUT2D eigenvalue weighted by Gasteiger charge is 2.21. The second-order valence-electron chi connectivity index (χ2n) is 5.95. The van der Waals surface area contributed by atoms with E-state index in [1.807, 2.05) is 60.7 Å². The van der Waals surface area contributed by atoms with Gasteiger partial charge >= 0.3 is 0 Å². The van der Waals surface area contributed by atoms with Crippen LogP contribution in [-0.2, 0) is 6.54 Å². The van der Waals surface area contributed by atoms with Crippen molar-refractivity contribution < 1.29 is 9.53 Å². The number of hydrogen-bond acceptors (Lipinski definition) is 5. The zero-order chi connectivity index (χ0) is 18.6. The minimum atomic E-state index is -0.0922. The van der Waals surface area contributed by atoms with Crippen molar-refractivity contribution in [3.8, 4) is 5.75 Å². The molecule has 0 aliphatic carbocycles. The normalized spacial score (nSPS) is 10.7. The van der Waals surface area contributed by atoms with Crippen molar-refractivity contribution in [2.75, 3.05) is 12.0 Å². The van der Waals surface area contributed by atoms with Gasteiger partial charge in [-0.1, -0.05) is 35.6 Å². The number of hydrogen-bond donors (Lipinski definition) is 0. The summed E-state index contributed by atoms with van der Waals surface area (Å²) in [7, 11) is 1.63. The molecule has 5 nitrogen and oxygen atoms in total. The molecule has 4 rings (SSSR count). The average molecular weight is 375 g/mol. The molecule has 0 radical (unpaired) electrons. The predicted octanol–water partition coefficient (Wildman–Crippen LogP) is 4.55. The van der Waals surface area contributed by atoms with Crippen molar-refractivity contribution in [1.29, 1.82) is 0 Å². The molecule has 0 aliphatic rings. The number of methoxy groups -OCH3 is 1. The van der Waals surface area contributed by atoms with Gasteiger partial charge < -0.3 is 4.74 Å². The molecule has 0 saturated carbocycles. The fraction of sp³-hybridized carbons (Fsp3) is 0.0952. The van der Waals surface area contributed by atoms with Gasteiger partial charge in [-0.3, -0.25) is 14.7 Å². The van der Waals surface area contributed by atoms with Gasteiger partial charge in [-0.15, -0.1) is 0 Å². The van der Waals surface area contributed by atoms with Crippen LogP contribution in [0, 0.1) is 0 Å². The van der Waals surface area contributed by atoms with Gasteiger partial charge in [-0.05, 0) is 35.9 Å². The maximum absolute atomic E-state index is 13.2. The lowest BCUT2D eigenvalue weighted by Crippen LogP contribution is -2.30. The molecule has 0 aliphatic heterocycles. The predicted molar refractivity (Wildman–Crippen MR) is 107 cm³/mol. The number of anilines is 1. The van der Waals surface area contributed by atoms with E-state index < -0.39 is 0 Å². The van der Waals surface area contributed by atoms with Crippen LogP contribution in [-0.4, -0.2) is 23.0 Å². The Morgan fingerprint density at radius 1 is 1.11 bits per heavy atom. The van der Waals surface area contributed by atoms with E-state index in [4.69, 9.17) is 4.74 Å². The fourth-order valence-electron chi connectivity index (χ4n) is 2.77. The highest BCUT2D eigenvalue weighted by atomic mass is 32.1. The Labute approximate surface area is 160 Å². The first kappa shape index (κ1) is 17.2. The number of pyridine rings is 1. The Kier molecular flexibility index (Phi) is 4.80. The lowest BCUT2D eigenvalue weighted by Gasteiger charge is -2.20. The summed E-state index contributed by atoms with van der Waals surface area (Å²) in [5.41, 5.74) is 2.38. The first-order valence-corrected chi connectivity index (χ1v) is 9.26. The van der Waals surface area contributed by atoms with Crippen molar-refractivity contribution >= 4 is 32.6 Å². The van der Waals surface area contributed by atoms with Crippen LogP contribution in [0.1, 0.15) is 15.9 Å². The van der Waals surface area contributed by atoms with Crippen molar-refractivity contribution in [2.45, 2.75) is 6.54 Å². The van der Waals surface area contributed by atoms with Crippen LogP contribution in [0.4, 0.5) is 5.13 Å². The molecule has 2 heterocycles. The fourth-order valence-corrected chi connectivity index (χ4v) is 3.72. The Bertz CT molecular complexity index is 1060. The van der Waals surface area contributed by atoms with E-state index in [1.165, 1.54) is 11.3 Å². The van der Waals surface area contributed by atoms with Gasteiger partial charge in [0.05, 0.1) is 23.9 Å². The van der Waals surface area contributed by atoms with E-state index in [1.54, 1.807) is 24.4 Å². The van der Waals surface area contributed by atoms with Gasteiger partial charge in [0.25, 0.3) is 5.91 Å². The molecule has 0 N–H and O–H groups in total. The third-order valence-corrected chi connectivity index (χ3v) is 5.20. The maximum Gasteiger partial charge on any atom is 0.260 e. The molecule has 0 spiro atoms.